The van der Waals surface area contributed by atoms with E-state index in [0.717, 1.165) is 5.57 Å². The number of aliphatic imine (C=N–C) groups is 1. The van der Waals surface area contributed by atoms with Crippen LogP contribution in [-0.4, -0.2) is 24.2 Å². The van der Waals surface area contributed by atoms with E-state index in [1.54, 1.807) is 30.4 Å². The van der Waals surface area contributed by atoms with Crippen LogP contribution in [0.5, 0.6) is 0 Å². The van der Waals surface area contributed by atoms with Gasteiger partial charge in [0.15, 0.2) is 5.84 Å². The fourth-order valence-corrected chi connectivity index (χ4v) is 2.59. The molecule has 0 bridgehead atoms. The smallest absolute Gasteiger partial charge is 0.357 e. The maximum atomic E-state index is 13.1. The Balaban J connectivity index is 0.00000109. The molecule has 0 radical (unpaired) electrons. The number of benzene rings is 1. The number of hydroxylamine groups is 1. The normalized spacial score (nSPS) is 21.3. The van der Waals surface area contributed by atoms with Crippen molar-refractivity contribution < 1.29 is 18.9 Å². The van der Waals surface area contributed by atoms with E-state index in [2.05, 4.69) is 37.4 Å². The zero-order valence-corrected chi connectivity index (χ0v) is 14.3. The van der Waals surface area contributed by atoms with Crippen molar-refractivity contribution in [2.45, 2.75) is 18.8 Å². The van der Waals surface area contributed by atoms with Crippen LogP contribution in [-0.2, 0) is 9.68 Å². The molecule has 3 atom stereocenters. The molecule has 1 aromatic rings. The maximum absolute atomic E-state index is 13.1. The Morgan fingerprint density at radius 2 is 2.24 bits per heavy atom. The molecule has 0 aromatic heterocycles. The highest BCUT2D eigenvalue weighted by Crippen LogP contribution is 2.22. The molecule has 1 heterocycles. The van der Waals surface area contributed by atoms with Gasteiger partial charge in [0.25, 0.3) is 0 Å². The van der Waals surface area contributed by atoms with Crippen LogP contribution in [0.25, 0.3) is 0 Å². The minimum absolute atomic E-state index is 0.310. The van der Waals surface area contributed by atoms with Crippen molar-refractivity contribution in [3.63, 3.8) is 0 Å². The Hall–Kier alpha value is -2.52. The van der Waals surface area contributed by atoms with Crippen molar-refractivity contribution in [1.29, 1.82) is 0 Å². The van der Waals surface area contributed by atoms with Gasteiger partial charge in [-0.15, -0.1) is 22.1 Å². The molecule has 3 N–H and O–H groups in total. The largest absolute Gasteiger partial charge is 0.370 e. The fraction of sp³-hybridized carbons (Fsp3) is 0.176. The maximum Gasteiger partial charge on any atom is 0.357 e. The van der Waals surface area contributed by atoms with Crippen LogP contribution in [0, 0.1) is 12.8 Å². The number of nitrogens with two attached hydrogens (primary N) is 1. The number of halogens is 1. The number of nitrogens with one attached hydrogen (secondary N) is 1. The highest BCUT2D eigenvalue weighted by Gasteiger charge is 2.24. The number of hydrogen-bond donors (Lipinski definition) is 2. The predicted octanol–water partition coefficient (Wildman–Crippen LogP) is 1.30. The number of alkyl halides is 1. The minimum atomic E-state index is -0.962. The van der Waals surface area contributed by atoms with Gasteiger partial charge < -0.3 is 4.84 Å². The van der Waals surface area contributed by atoms with E-state index in [1.165, 1.54) is 6.08 Å². The monoisotopic (exact) mass is 361 g/mol. The second-order valence-corrected chi connectivity index (χ2v) is 5.69. The first-order valence-electron chi connectivity index (χ1n) is 7.24. The molecular formula is C17H17FN3O3P. The average molecular weight is 361 g/mol. The summed E-state index contributed by atoms with van der Waals surface area (Å²) in [7, 11) is 2.44. The van der Waals surface area contributed by atoms with Gasteiger partial charge in [-0.2, -0.15) is 5.90 Å². The second kappa shape index (κ2) is 8.54. The van der Waals surface area contributed by atoms with Crippen molar-refractivity contribution in [1.82, 2.24) is 5.48 Å². The summed E-state index contributed by atoms with van der Waals surface area (Å²) in [5, 5.41) is 0.659. The molecule has 1 aliphatic heterocycles. The Morgan fingerprint density at radius 1 is 1.48 bits per heavy atom. The molecule has 0 amide bonds. The Bertz CT molecular complexity index is 774. The summed E-state index contributed by atoms with van der Waals surface area (Å²) in [6, 6.07) is 5.13. The van der Waals surface area contributed by atoms with Gasteiger partial charge in [-0.05, 0) is 17.4 Å². The number of carbonyl (C=O) groups is 1. The Kier molecular flexibility index (Phi) is 6.43. The molecule has 3 rings (SSSR count). The number of amidine groups is 1. The summed E-state index contributed by atoms with van der Waals surface area (Å²) in [6.45, 7) is 0. The fourth-order valence-electron chi connectivity index (χ4n) is 2.30. The standard InChI is InChI=1S/C15H15FN3O3P.C2H2/c16-10-4-1-8(2-5-10)14-18-13(19-22-14)9-3-6-12(23)11(7-9)15(20)21-17;1-2/h1-4,6-7,10,14H,5,17,23H2,(H,18,19);1-2H. The zero-order valence-electron chi connectivity index (χ0n) is 13.2. The highest BCUT2D eigenvalue weighted by molar-refractivity contribution is 7.27. The molecule has 0 saturated heterocycles. The lowest BCUT2D eigenvalue weighted by Gasteiger charge is -2.12. The van der Waals surface area contributed by atoms with E-state index >= 15 is 0 Å². The van der Waals surface area contributed by atoms with E-state index in [-0.39, 0.29) is 0 Å². The first-order valence-corrected chi connectivity index (χ1v) is 7.82. The second-order valence-electron chi connectivity index (χ2n) is 5.07. The first-order chi connectivity index (χ1) is 12.1. The third kappa shape index (κ3) is 4.31. The van der Waals surface area contributed by atoms with E-state index in [4.69, 9.17) is 10.7 Å². The van der Waals surface area contributed by atoms with E-state index < -0.39 is 18.4 Å². The number of allylic oxidation sites excluding steroid dienone is 2. The molecule has 1 aliphatic carbocycles. The van der Waals surface area contributed by atoms with Gasteiger partial charge in [-0.25, -0.2) is 24.5 Å². The predicted molar refractivity (Wildman–Crippen MR) is 96.6 cm³/mol. The summed E-state index contributed by atoms with van der Waals surface area (Å²) in [5.41, 5.74) is 4.48. The lowest BCUT2D eigenvalue weighted by atomic mass is 10.0. The van der Waals surface area contributed by atoms with Crippen LogP contribution < -0.4 is 16.7 Å². The van der Waals surface area contributed by atoms with Gasteiger partial charge in [-0.1, -0.05) is 24.3 Å². The molecule has 0 fully saturated rings. The van der Waals surface area contributed by atoms with Crippen molar-refractivity contribution >= 4 is 26.3 Å². The summed E-state index contributed by atoms with van der Waals surface area (Å²) >= 11 is 0. The van der Waals surface area contributed by atoms with E-state index in [1.807, 2.05) is 0 Å². The number of hydrogen-bond acceptors (Lipinski definition) is 6. The summed E-state index contributed by atoms with van der Waals surface area (Å²) < 4.78 is 13.1. The van der Waals surface area contributed by atoms with Crippen LogP contribution in [0.4, 0.5) is 4.39 Å². The van der Waals surface area contributed by atoms with Crippen molar-refractivity contribution in [2.75, 3.05) is 0 Å². The number of nitrogens with zero attached hydrogens (tertiary/aromatic N) is 1. The van der Waals surface area contributed by atoms with Gasteiger partial charge in [0.05, 0.1) is 5.56 Å². The molecule has 6 nitrogen and oxygen atoms in total. The molecule has 1 aromatic carbocycles. The SMILES string of the molecule is C#C.NOC(=O)c1cc(C2=NC(C3=CCC(F)C=C3)ON2)ccc1P. The van der Waals surface area contributed by atoms with Crippen LogP contribution in [0.1, 0.15) is 22.3 Å². The summed E-state index contributed by atoms with van der Waals surface area (Å²) in [5.74, 6) is 4.77. The van der Waals surface area contributed by atoms with Crippen LogP contribution in [0.15, 0.2) is 47.0 Å². The molecule has 25 heavy (non-hydrogen) atoms. The summed E-state index contributed by atoms with van der Waals surface area (Å²) in [4.78, 5) is 25.7. The molecule has 130 valence electrons. The summed E-state index contributed by atoms with van der Waals surface area (Å²) in [6.07, 6.45) is 11.7. The quantitative estimate of drug-likeness (QED) is 0.482. The number of terminal acetylenes is 1. The molecular weight excluding hydrogens is 344 g/mol. The van der Waals surface area contributed by atoms with E-state index in [0.29, 0.717) is 28.7 Å². The van der Waals surface area contributed by atoms with Crippen molar-refractivity contribution in [2.24, 2.45) is 10.9 Å². The van der Waals surface area contributed by atoms with Crippen molar-refractivity contribution in [3.8, 4) is 12.8 Å². The average Bonchev–Trinajstić information content (AvgIpc) is 3.14. The van der Waals surface area contributed by atoms with Gasteiger partial charge in [0.1, 0.15) is 6.17 Å². The van der Waals surface area contributed by atoms with Gasteiger partial charge in [-0.3, -0.25) is 0 Å². The van der Waals surface area contributed by atoms with Crippen LogP contribution >= 0.6 is 9.24 Å². The van der Waals surface area contributed by atoms with Crippen molar-refractivity contribution in [3.05, 3.63) is 53.1 Å². The molecule has 2 aliphatic rings. The lowest BCUT2D eigenvalue weighted by Crippen LogP contribution is -2.22. The van der Waals surface area contributed by atoms with E-state index in [9.17, 15) is 9.18 Å². The molecule has 3 unspecified atom stereocenters. The number of carbonyl (C=O) groups excluding carboxylic acids is 1. The molecule has 8 heteroatoms. The van der Waals surface area contributed by atoms with Crippen LogP contribution in [0.2, 0.25) is 0 Å². The number of rotatable bonds is 3. The topological polar surface area (TPSA) is 85.9 Å². The van der Waals surface area contributed by atoms with Gasteiger partial charge in [0.2, 0.25) is 6.23 Å². The Morgan fingerprint density at radius 3 is 2.88 bits per heavy atom. The minimum Gasteiger partial charge on any atom is -0.370 e. The zero-order chi connectivity index (χ0) is 18.4. The third-order valence-corrected chi connectivity index (χ3v) is 4.03. The third-order valence-electron chi connectivity index (χ3n) is 3.53. The molecule has 0 spiro atoms. The lowest BCUT2D eigenvalue weighted by molar-refractivity contribution is 0.0505. The highest BCUT2D eigenvalue weighted by atomic mass is 31.0. The van der Waals surface area contributed by atoms with Gasteiger partial charge in [0, 0.05) is 17.6 Å². The Labute approximate surface area is 147 Å². The van der Waals surface area contributed by atoms with Gasteiger partial charge >= 0.3 is 5.97 Å². The molecule has 0 saturated carbocycles. The first kappa shape index (κ1) is 18.8. The van der Waals surface area contributed by atoms with Crippen LogP contribution in [0.3, 0.4) is 0 Å².